The van der Waals surface area contributed by atoms with Crippen LogP contribution in [-0.4, -0.2) is 41.6 Å². The van der Waals surface area contributed by atoms with Crippen molar-refractivity contribution in [2.75, 3.05) is 20.2 Å². The predicted octanol–water partition coefficient (Wildman–Crippen LogP) is 1.08. The minimum atomic E-state index is -0.526. The molecule has 1 unspecified atom stereocenters. The molecule has 1 saturated heterocycles. The number of amides is 1. The van der Waals surface area contributed by atoms with E-state index in [0.717, 1.165) is 32.2 Å². The summed E-state index contributed by atoms with van der Waals surface area (Å²) < 4.78 is 5.49. The normalized spacial score (nSPS) is 31.1. The lowest BCUT2D eigenvalue weighted by Crippen LogP contribution is -2.53. The van der Waals surface area contributed by atoms with Crippen molar-refractivity contribution in [2.45, 2.75) is 38.2 Å². The fourth-order valence-corrected chi connectivity index (χ4v) is 2.83. The Balaban J connectivity index is 2.08. The number of carbonyl (C=O) groups excluding carboxylic acids is 1. The highest BCUT2D eigenvalue weighted by atomic mass is 32.1. The van der Waals surface area contributed by atoms with Gasteiger partial charge in [0, 0.05) is 20.2 Å². The molecule has 2 rings (SSSR count). The second kappa shape index (κ2) is 4.21. The van der Waals surface area contributed by atoms with Crippen molar-refractivity contribution in [1.82, 2.24) is 4.90 Å². The maximum atomic E-state index is 12.4. The molecule has 2 aliphatic rings. The first-order chi connectivity index (χ1) is 7.93. The molecule has 1 saturated carbocycles. The van der Waals surface area contributed by atoms with Gasteiger partial charge in [-0.2, -0.15) is 0 Å². The molecule has 1 heterocycles. The van der Waals surface area contributed by atoms with E-state index in [2.05, 4.69) is 0 Å². The van der Waals surface area contributed by atoms with Crippen LogP contribution in [0, 0.1) is 5.41 Å². The van der Waals surface area contributed by atoms with Gasteiger partial charge in [-0.15, -0.1) is 0 Å². The Labute approximate surface area is 107 Å². The van der Waals surface area contributed by atoms with E-state index in [1.165, 1.54) is 0 Å². The van der Waals surface area contributed by atoms with Crippen LogP contribution >= 0.6 is 12.2 Å². The Hall–Kier alpha value is -0.680. The zero-order valence-electron chi connectivity index (χ0n) is 10.5. The molecule has 17 heavy (non-hydrogen) atoms. The number of piperidine rings is 1. The highest BCUT2D eigenvalue weighted by molar-refractivity contribution is 7.80. The third-order valence-corrected chi connectivity index (χ3v) is 4.46. The molecule has 1 aliphatic heterocycles. The molecular weight excluding hydrogens is 236 g/mol. The SMILES string of the molecule is COC1(C)CCCN(C(=O)C2(C(N)=S)CC2)C1. The van der Waals surface area contributed by atoms with E-state index < -0.39 is 5.41 Å². The van der Waals surface area contributed by atoms with Gasteiger partial charge in [-0.25, -0.2) is 0 Å². The van der Waals surface area contributed by atoms with E-state index in [1.54, 1.807) is 7.11 Å². The van der Waals surface area contributed by atoms with Gasteiger partial charge in [0.05, 0.1) is 16.0 Å². The van der Waals surface area contributed by atoms with Crippen LogP contribution in [0.3, 0.4) is 0 Å². The molecule has 1 aliphatic carbocycles. The number of carbonyl (C=O) groups is 1. The van der Waals surface area contributed by atoms with Crippen LogP contribution in [0.1, 0.15) is 32.6 Å². The third kappa shape index (κ3) is 2.18. The second-order valence-electron chi connectivity index (χ2n) is 5.43. The van der Waals surface area contributed by atoms with Crippen molar-refractivity contribution in [1.29, 1.82) is 0 Å². The number of methoxy groups -OCH3 is 1. The van der Waals surface area contributed by atoms with Crippen LogP contribution in [0.2, 0.25) is 0 Å². The second-order valence-corrected chi connectivity index (χ2v) is 5.87. The minimum absolute atomic E-state index is 0.105. The van der Waals surface area contributed by atoms with Crippen molar-refractivity contribution in [3.63, 3.8) is 0 Å². The standard InChI is InChI=1S/C12H20N2O2S/c1-11(16-2)4-3-7-14(8-11)10(15)12(5-6-12)9(13)17/h3-8H2,1-2H3,(H2,13,17). The molecule has 1 atom stereocenters. The summed E-state index contributed by atoms with van der Waals surface area (Å²) >= 11 is 5.02. The van der Waals surface area contributed by atoms with E-state index in [9.17, 15) is 4.79 Å². The molecule has 5 heteroatoms. The maximum Gasteiger partial charge on any atom is 0.235 e. The summed E-state index contributed by atoms with van der Waals surface area (Å²) in [6.45, 7) is 3.49. The number of rotatable bonds is 3. The Morgan fingerprint density at radius 2 is 2.06 bits per heavy atom. The number of likely N-dealkylation sites (tertiary alicyclic amines) is 1. The first-order valence-electron chi connectivity index (χ1n) is 6.08. The van der Waals surface area contributed by atoms with Gasteiger partial charge in [0.2, 0.25) is 5.91 Å². The first-order valence-corrected chi connectivity index (χ1v) is 6.49. The molecule has 2 fully saturated rings. The zero-order valence-corrected chi connectivity index (χ0v) is 11.3. The lowest BCUT2D eigenvalue weighted by atomic mass is 9.93. The molecule has 0 bridgehead atoms. The Morgan fingerprint density at radius 1 is 1.41 bits per heavy atom. The highest BCUT2D eigenvalue weighted by Crippen LogP contribution is 2.48. The lowest BCUT2D eigenvalue weighted by molar-refractivity contribution is -0.142. The average Bonchev–Trinajstić information content (AvgIpc) is 3.09. The van der Waals surface area contributed by atoms with Crippen molar-refractivity contribution >= 4 is 23.1 Å². The van der Waals surface area contributed by atoms with E-state index in [1.807, 2.05) is 11.8 Å². The van der Waals surface area contributed by atoms with Crippen molar-refractivity contribution in [2.24, 2.45) is 11.1 Å². The van der Waals surface area contributed by atoms with Crippen molar-refractivity contribution < 1.29 is 9.53 Å². The van der Waals surface area contributed by atoms with Crippen LogP contribution in [-0.2, 0) is 9.53 Å². The molecule has 4 nitrogen and oxygen atoms in total. The topological polar surface area (TPSA) is 55.6 Å². The van der Waals surface area contributed by atoms with Gasteiger partial charge in [0.25, 0.3) is 0 Å². The quantitative estimate of drug-likeness (QED) is 0.768. The van der Waals surface area contributed by atoms with Gasteiger partial charge in [0.1, 0.15) is 0 Å². The zero-order chi connectivity index (χ0) is 12.7. The maximum absolute atomic E-state index is 12.4. The summed E-state index contributed by atoms with van der Waals surface area (Å²) in [4.78, 5) is 14.7. The highest BCUT2D eigenvalue weighted by Gasteiger charge is 2.55. The monoisotopic (exact) mass is 256 g/mol. The molecular formula is C12H20N2O2S. The number of hydrogen-bond acceptors (Lipinski definition) is 3. The van der Waals surface area contributed by atoms with Crippen molar-refractivity contribution in [3.05, 3.63) is 0 Å². The van der Waals surface area contributed by atoms with Crippen LogP contribution in [0.5, 0.6) is 0 Å². The van der Waals surface area contributed by atoms with Gasteiger partial charge in [0.15, 0.2) is 0 Å². The van der Waals surface area contributed by atoms with E-state index in [-0.39, 0.29) is 11.5 Å². The predicted molar refractivity (Wildman–Crippen MR) is 69.7 cm³/mol. The molecule has 1 amide bonds. The molecule has 0 aromatic carbocycles. The third-order valence-electron chi connectivity index (χ3n) is 4.07. The van der Waals surface area contributed by atoms with Crippen LogP contribution in [0.15, 0.2) is 0 Å². The Kier molecular flexibility index (Phi) is 3.16. The molecule has 0 radical (unpaired) electrons. The van der Waals surface area contributed by atoms with Gasteiger partial charge in [-0.1, -0.05) is 12.2 Å². The number of ether oxygens (including phenoxy) is 1. The molecule has 0 spiro atoms. The summed E-state index contributed by atoms with van der Waals surface area (Å²) in [6, 6.07) is 0. The number of thiocarbonyl (C=S) groups is 1. The van der Waals surface area contributed by atoms with Gasteiger partial charge in [-0.05, 0) is 32.6 Å². The van der Waals surface area contributed by atoms with Gasteiger partial charge < -0.3 is 15.4 Å². The summed E-state index contributed by atoms with van der Waals surface area (Å²) in [5, 5.41) is 0. The number of nitrogens with zero attached hydrogens (tertiary/aromatic N) is 1. The number of hydrogen-bond donors (Lipinski definition) is 1. The van der Waals surface area contributed by atoms with Crippen LogP contribution in [0.4, 0.5) is 0 Å². The minimum Gasteiger partial charge on any atom is -0.392 e. The Bertz CT molecular complexity index is 354. The lowest BCUT2D eigenvalue weighted by Gasteiger charge is -2.40. The van der Waals surface area contributed by atoms with E-state index >= 15 is 0 Å². The van der Waals surface area contributed by atoms with Gasteiger partial charge in [-0.3, -0.25) is 4.79 Å². The van der Waals surface area contributed by atoms with Crippen LogP contribution in [0.25, 0.3) is 0 Å². The molecule has 2 N–H and O–H groups in total. The first kappa shape index (κ1) is 12.8. The molecule has 0 aromatic rings. The van der Waals surface area contributed by atoms with Crippen molar-refractivity contribution in [3.8, 4) is 0 Å². The molecule has 96 valence electrons. The van der Waals surface area contributed by atoms with Gasteiger partial charge >= 0.3 is 0 Å². The summed E-state index contributed by atoms with van der Waals surface area (Å²) in [5.74, 6) is 0.105. The fraction of sp³-hybridized carbons (Fsp3) is 0.833. The molecule has 0 aromatic heterocycles. The summed E-state index contributed by atoms with van der Waals surface area (Å²) in [5.41, 5.74) is 4.94. The summed E-state index contributed by atoms with van der Waals surface area (Å²) in [7, 11) is 1.70. The summed E-state index contributed by atoms with van der Waals surface area (Å²) in [6.07, 6.45) is 3.58. The average molecular weight is 256 g/mol. The number of nitrogens with two attached hydrogens (primary N) is 1. The van der Waals surface area contributed by atoms with Crippen LogP contribution < -0.4 is 5.73 Å². The van der Waals surface area contributed by atoms with E-state index in [0.29, 0.717) is 11.5 Å². The largest absolute Gasteiger partial charge is 0.392 e. The smallest absolute Gasteiger partial charge is 0.235 e. The van der Waals surface area contributed by atoms with E-state index in [4.69, 9.17) is 22.7 Å². The fourth-order valence-electron chi connectivity index (χ4n) is 2.54. The Morgan fingerprint density at radius 3 is 2.53 bits per heavy atom.